The van der Waals surface area contributed by atoms with Crippen LogP contribution in [-0.2, 0) is 12.1 Å². The number of fused-ring (bicyclic) bond motifs is 1. The molecule has 0 aliphatic heterocycles. The van der Waals surface area contributed by atoms with Gasteiger partial charge in [-0.1, -0.05) is 12.1 Å². The Morgan fingerprint density at radius 2 is 2.21 bits per heavy atom. The number of benzene rings is 1. The average Bonchev–Trinajstić information content (AvgIpc) is 3.07. The number of hydrogen-bond donors (Lipinski definition) is 2. The van der Waals surface area contributed by atoms with Crippen LogP contribution in [0.1, 0.15) is 24.4 Å². The zero-order valence-electron chi connectivity index (χ0n) is 11.1. The number of hydrogen-bond acceptors (Lipinski definition) is 3. The van der Waals surface area contributed by atoms with Gasteiger partial charge in [0.05, 0.1) is 5.54 Å². The van der Waals surface area contributed by atoms with E-state index in [1.165, 1.54) is 16.5 Å². The molecule has 4 heteroatoms. The monoisotopic (exact) mass is 271 g/mol. The number of nitrogens with one attached hydrogen (secondary N) is 2. The van der Waals surface area contributed by atoms with Gasteiger partial charge in [-0.3, -0.25) is 0 Å². The van der Waals surface area contributed by atoms with Crippen molar-refractivity contribution in [3.8, 4) is 0 Å². The van der Waals surface area contributed by atoms with E-state index in [1.807, 2.05) is 17.8 Å². The van der Waals surface area contributed by atoms with Gasteiger partial charge in [0.1, 0.15) is 5.01 Å². The molecule has 2 aromatic heterocycles. The van der Waals surface area contributed by atoms with E-state index in [2.05, 4.69) is 53.4 Å². The Morgan fingerprint density at radius 3 is 3.00 bits per heavy atom. The molecule has 0 saturated heterocycles. The summed E-state index contributed by atoms with van der Waals surface area (Å²) in [6.45, 7) is 5.17. The second kappa shape index (κ2) is 4.79. The van der Waals surface area contributed by atoms with Gasteiger partial charge in [-0.05, 0) is 36.9 Å². The van der Waals surface area contributed by atoms with Gasteiger partial charge in [-0.25, -0.2) is 4.98 Å². The molecule has 3 rings (SSSR count). The molecule has 98 valence electrons. The number of thiazole rings is 1. The Kier molecular flexibility index (Phi) is 3.12. The smallest absolute Gasteiger partial charge is 0.112 e. The van der Waals surface area contributed by atoms with E-state index in [4.69, 9.17) is 0 Å². The lowest BCUT2D eigenvalue weighted by Crippen LogP contribution is -2.35. The summed E-state index contributed by atoms with van der Waals surface area (Å²) in [5, 5.41) is 7.96. The molecule has 0 unspecified atom stereocenters. The number of nitrogens with zero attached hydrogens (tertiary/aromatic N) is 1. The first kappa shape index (κ1) is 12.4. The Hall–Kier alpha value is -1.65. The molecule has 2 N–H and O–H groups in total. The standard InChI is InChI=1S/C15H17N3S/c1-15(2,14-17-7-8-19-14)18-10-11-3-4-12-5-6-16-13(12)9-11/h3-9,16,18H,10H2,1-2H3. The SMILES string of the molecule is CC(C)(NCc1ccc2cc[nH]c2c1)c1nccs1. The number of aromatic nitrogens is 2. The van der Waals surface area contributed by atoms with Crippen LogP contribution in [0.15, 0.2) is 42.0 Å². The highest BCUT2D eigenvalue weighted by molar-refractivity contribution is 7.09. The largest absolute Gasteiger partial charge is 0.361 e. The summed E-state index contributed by atoms with van der Waals surface area (Å²) in [6, 6.07) is 8.60. The van der Waals surface area contributed by atoms with Crippen molar-refractivity contribution < 1.29 is 0 Å². The van der Waals surface area contributed by atoms with Crippen molar-refractivity contribution in [2.75, 3.05) is 0 Å². The summed E-state index contributed by atoms with van der Waals surface area (Å²) in [6.07, 6.45) is 3.83. The molecule has 2 heterocycles. The predicted molar refractivity (Wildman–Crippen MR) is 80.3 cm³/mol. The third-order valence-electron chi connectivity index (χ3n) is 3.32. The Balaban J connectivity index is 1.75. The second-order valence-electron chi connectivity index (χ2n) is 5.22. The third kappa shape index (κ3) is 2.55. The second-order valence-corrected chi connectivity index (χ2v) is 6.11. The number of rotatable bonds is 4. The molecule has 0 spiro atoms. The van der Waals surface area contributed by atoms with Crippen molar-refractivity contribution in [2.24, 2.45) is 0 Å². The molecule has 0 saturated carbocycles. The molecular weight excluding hydrogens is 254 g/mol. The highest BCUT2D eigenvalue weighted by Crippen LogP contribution is 2.23. The van der Waals surface area contributed by atoms with Crippen LogP contribution < -0.4 is 5.32 Å². The van der Waals surface area contributed by atoms with Gasteiger partial charge in [-0.15, -0.1) is 11.3 Å². The van der Waals surface area contributed by atoms with E-state index in [9.17, 15) is 0 Å². The van der Waals surface area contributed by atoms with E-state index >= 15 is 0 Å². The van der Waals surface area contributed by atoms with Gasteiger partial charge in [0.2, 0.25) is 0 Å². The van der Waals surface area contributed by atoms with E-state index in [0.29, 0.717) is 0 Å². The molecule has 0 atom stereocenters. The van der Waals surface area contributed by atoms with Crippen molar-refractivity contribution >= 4 is 22.2 Å². The highest BCUT2D eigenvalue weighted by atomic mass is 32.1. The van der Waals surface area contributed by atoms with Gasteiger partial charge in [0.15, 0.2) is 0 Å². The van der Waals surface area contributed by atoms with Crippen molar-refractivity contribution in [3.63, 3.8) is 0 Å². The number of aromatic amines is 1. The van der Waals surface area contributed by atoms with E-state index in [0.717, 1.165) is 11.6 Å². The van der Waals surface area contributed by atoms with Crippen LogP contribution in [-0.4, -0.2) is 9.97 Å². The van der Waals surface area contributed by atoms with Crippen molar-refractivity contribution in [3.05, 3.63) is 52.6 Å². The summed E-state index contributed by atoms with van der Waals surface area (Å²) < 4.78 is 0. The van der Waals surface area contributed by atoms with Gasteiger partial charge in [0, 0.05) is 29.8 Å². The molecule has 3 nitrogen and oxygen atoms in total. The molecule has 1 aromatic carbocycles. The maximum Gasteiger partial charge on any atom is 0.112 e. The Labute approximate surface area is 116 Å². The fourth-order valence-electron chi connectivity index (χ4n) is 2.14. The lowest BCUT2D eigenvalue weighted by Gasteiger charge is -2.24. The van der Waals surface area contributed by atoms with Gasteiger partial charge in [-0.2, -0.15) is 0 Å². The lowest BCUT2D eigenvalue weighted by atomic mass is 10.1. The fraction of sp³-hybridized carbons (Fsp3) is 0.267. The minimum Gasteiger partial charge on any atom is -0.361 e. The molecule has 3 aromatic rings. The third-order valence-corrected chi connectivity index (χ3v) is 4.42. The zero-order valence-corrected chi connectivity index (χ0v) is 11.9. The van der Waals surface area contributed by atoms with Crippen LogP contribution in [0.3, 0.4) is 0 Å². The number of H-pyrrole nitrogens is 1. The van der Waals surface area contributed by atoms with Crippen LogP contribution in [0.2, 0.25) is 0 Å². The summed E-state index contributed by atoms with van der Waals surface area (Å²) in [5.41, 5.74) is 2.37. The zero-order chi connectivity index (χ0) is 13.3. The van der Waals surface area contributed by atoms with E-state index < -0.39 is 0 Å². The first-order valence-electron chi connectivity index (χ1n) is 6.36. The van der Waals surface area contributed by atoms with Crippen LogP contribution in [0.25, 0.3) is 10.9 Å². The molecular formula is C15H17N3S. The molecule has 0 fully saturated rings. The van der Waals surface area contributed by atoms with Crippen LogP contribution in [0, 0.1) is 0 Å². The summed E-state index contributed by atoms with van der Waals surface area (Å²) >= 11 is 1.69. The first-order valence-corrected chi connectivity index (χ1v) is 7.24. The van der Waals surface area contributed by atoms with Gasteiger partial charge >= 0.3 is 0 Å². The van der Waals surface area contributed by atoms with Crippen molar-refractivity contribution in [1.82, 2.24) is 15.3 Å². The summed E-state index contributed by atoms with van der Waals surface area (Å²) in [5.74, 6) is 0. The normalized spacial score (nSPS) is 12.1. The molecule has 0 amide bonds. The fourth-order valence-corrected chi connectivity index (χ4v) is 2.87. The molecule has 0 radical (unpaired) electrons. The van der Waals surface area contributed by atoms with Crippen LogP contribution >= 0.6 is 11.3 Å². The molecule has 19 heavy (non-hydrogen) atoms. The average molecular weight is 271 g/mol. The Morgan fingerprint density at radius 1 is 1.32 bits per heavy atom. The van der Waals surface area contributed by atoms with Crippen molar-refractivity contribution in [1.29, 1.82) is 0 Å². The quantitative estimate of drug-likeness (QED) is 0.760. The first-order chi connectivity index (χ1) is 9.15. The molecule has 0 aliphatic rings. The van der Waals surface area contributed by atoms with Gasteiger partial charge < -0.3 is 10.3 Å². The summed E-state index contributed by atoms with van der Waals surface area (Å²) in [4.78, 5) is 7.64. The maximum absolute atomic E-state index is 4.39. The maximum atomic E-state index is 4.39. The van der Waals surface area contributed by atoms with Crippen LogP contribution in [0.4, 0.5) is 0 Å². The van der Waals surface area contributed by atoms with Crippen molar-refractivity contribution in [2.45, 2.75) is 25.9 Å². The lowest BCUT2D eigenvalue weighted by molar-refractivity contribution is 0.399. The highest BCUT2D eigenvalue weighted by Gasteiger charge is 2.22. The van der Waals surface area contributed by atoms with E-state index in [1.54, 1.807) is 11.3 Å². The van der Waals surface area contributed by atoms with Crippen LogP contribution in [0.5, 0.6) is 0 Å². The van der Waals surface area contributed by atoms with E-state index in [-0.39, 0.29) is 5.54 Å². The minimum atomic E-state index is -0.0984. The molecule has 0 aliphatic carbocycles. The topological polar surface area (TPSA) is 40.7 Å². The Bertz CT molecular complexity index is 668. The summed E-state index contributed by atoms with van der Waals surface area (Å²) in [7, 11) is 0. The molecule has 0 bridgehead atoms. The van der Waals surface area contributed by atoms with Gasteiger partial charge in [0.25, 0.3) is 0 Å². The minimum absolute atomic E-state index is 0.0984. The predicted octanol–water partition coefficient (Wildman–Crippen LogP) is 3.65.